The van der Waals surface area contributed by atoms with Crippen molar-refractivity contribution < 1.29 is 28.9 Å². The number of Topliss-reactive ketones (excluding diaryl/α,β-unsaturated/α-hetero) is 1. The van der Waals surface area contributed by atoms with Crippen molar-refractivity contribution in [2.75, 3.05) is 27.4 Å². The normalized spacial score (nSPS) is 16.8. The minimum Gasteiger partial charge on any atom is -0.507 e. The molecule has 1 aliphatic heterocycles. The number of methoxy groups -OCH3 is 2. The molecule has 0 radical (unpaired) electrons. The van der Waals surface area contributed by atoms with Gasteiger partial charge in [-0.15, -0.1) is 0 Å². The lowest BCUT2D eigenvalue weighted by molar-refractivity contribution is -0.140. The number of hydrogen-bond acceptors (Lipinski definition) is 6. The van der Waals surface area contributed by atoms with Crippen LogP contribution in [0.2, 0.25) is 0 Å². The molecule has 0 spiro atoms. The van der Waals surface area contributed by atoms with Crippen molar-refractivity contribution >= 4 is 17.4 Å². The number of ketones is 1. The maximum atomic E-state index is 13.2. The molecule has 0 aromatic heterocycles. The number of carbonyl (C=O) groups excluding carboxylic acids is 2. The number of para-hydroxylation sites is 1. The van der Waals surface area contributed by atoms with Crippen molar-refractivity contribution in [1.82, 2.24) is 4.90 Å². The van der Waals surface area contributed by atoms with Gasteiger partial charge in [0.25, 0.3) is 11.7 Å². The highest BCUT2D eigenvalue weighted by Crippen LogP contribution is 2.41. The number of ether oxygens (including phenoxy) is 3. The average molecular weight is 488 g/mol. The van der Waals surface area contributed by atoms with E-state index in [0.29, 0.717) is 48.8 Å². The molecular weight excluding hydrogens is 458 g/mol. The quantitative estimate of drug-likeness (QED) is 0.193. The fourth-order valence-corrected chi connectivity index (χ4v) is 4.31. The third kappa shape index (κ3) is 5.26. The van der Waals surface area contributed by atoms with E-state index in [9.17, 15) is 14.7 Å². The molecule has 0 saturated carbocycles. The van der Waals surface area contributed by atoms with Gasteiger partial charge in [0.15, 0.2) is 0 Å². The molecule has 36 heavy (non-hydrogen) atoms. The fourth-order valence-electron chi connectivity index (χ4n) is 4.31. The van der Waals surface area contributed by atoms with E-state index >= 15 is 0 Å². The minimum absolute atomic E-state index is 0.0277. The largest absolute Gasteiger partial charge is 0.507 e. The summed E-state index contributed by atoms with van der Waals surface area (Å²) in [6, 6.07) is 23.2. The number of aliphatic hydroxyl groups excluding tert-OH is 1. The van der Waals surface area contributed by atoms with Crippen LogP contribution in [0, 0.1) is 0 Å². The van der Waals surface area contributed by atoms with Crippen LogP contribution in [0.3, 0.4) is 0 Å². The Morgan fingerprint density at radius 1 is 0.917 bits per heavy atom. The van der Waals surface area contributed by atoms with E-state index in [1.54, 1.807) is 43.5 Å². The van der Waals surface area contributed by atoms with Gasteiger partial charge in [-0.05, 0) is 41.8 Å². The lowest BCUT2D eigenvalue weighted by Gasteiger charge is -2.25. The van der Waals surface area contributed by atoms with Crippen molar-refractivity contribution in [3.8, 4) is 11.5 Å². The Kier molecular flexibility index (Phi) is 8.02. The second kappa shape index (κ2) is 11.6. The van der Waals surface area contributed by atoms with E-state index < -0.39 is 17.7 Å². The van der Waals surface area contributed by atoms with E-state index in [2.05, 4.69) is 0 Å². The Labute approximate surface area is 210 Å². The summed E-state index contributed by atoms with van der Waals surface area (Å²) in [5, 5.41) is 11.3. The highest BCUT2D eigenvalue weighted by Gasteiger charge is 2.46. The standard InChI is InChI=1S/C29H29NO6/c1-34-18-8-17-30-26(21-13-15-22(16-14-21)36-19-20-9-4-3-5-10-20)25(28(32)29(30)33)27(31)23-11-6-7-12-24(23)35-2/h3-7,9-16,26,31H,8,17-19H2,1-2H3/b27-25-. The summed E-state index contributed by atoms with van der Waals surface area (Å²) in [5.74, 6) is -0.593. The van der Waals surface area contributed by atoms with Gasteiger partial charge in [0, 0.05) is 20.3 Å². The Morgan fingerprint density at radius 3 is 2.31 bits per heavy atom. The molecule has 1 aliphatic rings. The first-order chi connectivity index (χ1) is 17.5. The van der Waals surface area contributed by atoms with Gasteiger partial charge >= 0.3 is 0 Å². The lowest BCUT2D eigenvalue weighted by Crippen LogP contribution is -2.31. The van der Waals surface area contributed by atoms with Gasteiger partial charge in [0.1, 0.15) is 23.9 Å². The lowest BCUT2D eigenvalue weighted by atomic mass is 9.95. The third-order valence-corrected chi connectivity index (χ3v) is 6.09. The minimum atomic E-state index is -0.755. The van der Waals surface area contributed by atoms with Crippen LogP contribution in [-0.4, -0.2) is 49.1 Å². The van der Waals surface area contributed by atoms with Crippen LogP contribution in [0.1, 0.15) is 29.2 Å². The van der Waals surface area contributed by atoms with Gasteiger partial charge in [-0.2, -0.15) is 0 Å². The summed E-state index contributed by atoms with van der Waals surface area (Å²) in [4.78, 5) is 27.7. The number of nitrogens with zero attached hydrogens (tertiary/aromatic N) is 1. The molecule has 1 saturated heterocycles. The average Bonchev–Trinajstić information content (AvgIpc) is 3.17. The second-order valence-corrected chi connectivity index (χ2v) is 8.38. The van der Waals surface area contributed by atoms with Crippen LogP contribution in [0.15, 0.2) is 84.4 Å². The van der Waals surface area contributed by atoms with Crippen LogP contribution in [0.5, 0.6) is 11.5 Å². The maximum Gasteiger partial charge on any atom is 0.295 e. The van der Waals surface area contributed by atoms with Crippen LogP contribution in [0.25, 0.3) is 5.76 Å². The predicted molar refractivity (Wildman–Crippen MR) is 136 cm³/mol. The molecule has 1 unspecified atom stereocenters. The molecule has 7 nitrogen and oxygen atoms in total. The van der Waals surface area contributed by atoms with Crippen molar-refractivity contribution in [1.29, 1.82) is 0 Å². The van der Waals surface area contributed by atoms with Crippen molar-refractivity contribution in [3.05, 3.63) is 101 Å². The Hall–Kier alpha value is -4.10. The molecule has 186 valence electrons. The summed E-state index contributed by atoms with van der Waals surface area (Å²) < 4.78 is 16.4. The number of aliphatic hydroxyl groups is 1. The summed E-state index contributed by atoms with van der Waals surface area (Å²) in [6.07, 6.45) is 0.549. The smallest absolute Gasteiger partial charge is 0.295 e. The molecule has 3 aromatic rings. The molecule has 7 heteroatoms. The first-order valence-electron chi connectivity index (χ1n) is 11.7. The Bertz CT molecular complexity index is 1240. The molecule has 1 amide bonds. The first-order valence-corrected chi connectivity index (χ1v) is 11.7. The van der Waals surface area contributed by atoms with Gasteiger partial charge in [0.05, 0.1) is 24.3 Å². The van der Waals surface area contributed by atoms with E-state index in [1.807, 2.05) is 42.5 Å². The Balaban J connectivity index is 1.69. The molecule has 1 atom stereocenters. The molecular formula is C29H29NO6. The summed E-state index contributed by atoms with van der Waals surface area (Å²) in [5.41, 5.74) is 2.11. The van der Waals surface area contributed by atoms with Gasteiger partial charge < -0.3 is 24.2 Å². The maximum absolute atomic E-state index is 13.2. The summed E-state index contributed by atoms with van der Waals surface area (Å²) in [6.45, 7) is 1.16. The van der Waals surface area contributed by atoms with Crippen molar-refractivity contribution in [2.24, 2.45) is 0 Å². The summed E-state index contributed by atoms with van der Waals surface area (Å²) >= 11 is 0. The summed E-state index contributed by atoms with van der Waals surface area (Å²) in [7, 11) is 3.07. The molecule has 1 fully saturated rings. The van der Waals surface area contributed by atoms with E-state index in [-0.39, 0.29) is 11.3 Å². The molecule has 1 N–H and O–H groups in total. The van der Waals surface area contributed by atoms with E-state index in [4.69, 9.17) is 14.2 Å². The molecule has 1 heterocycles. The zero-order valence-corrected chi connectivity index (χ0v) is 20.3. The fraction of sp³-hybridized carbons (Fsp3) is 0.241. The Morgan fingerprint density at radius 2 is 1.61 bits per heavy atom. The number of amides is 1. The SMILES string of the molecule is COCCCN1C(=O)C(=O)/C(=C(\O)c2ccccc2OC)C1c1ccc(OCc2ccccc2)cc1. The van der Waals surface area contributed by atoms with Gasteiger partial charge in [0.2, 0.25) is 0 Å². The topological polar surface area (TPSA) is 85.3 Å². The zero-order chi connectivity index (χ0) is 25.5. The monoisotopic (exact) mass is 487 g/mol. The van der Waals surface area contributed by atoms with Crippen LogP contribution in [-0.2, 0) is 20.9 Å². The van der Waals surface area contributed by atoms with E-state index in [0.717, 1.165) is 5.56 Å². The highest BCUT2D eigenvalue weighted by atomic mass is 16.5. The molecule has 3 aromatic carbocycles. The van der Waals surface area contributed by atoms with Crippen molar-refractivity contribution in [3.63, 3.8) is 0 Å². The van der Waals surface area contributed by atoms with E-state index in [1.165, 1.54) is 12.0 Å². The van der Waals surface area contributed by atoms with Gasteiger partial charge in [-0.25, -0.2) is 0 Å². The van der Waals surface area contributed by atoms with Crippen molar-refractivity contribution in [2.45, 2.75) is 19.1 Å². The number of carbonyl (C=O) groups is 2. The number of hydrogen-bond donors (Lipinski definition) is 1. The van der Waals surface area contributed by atoms with Crippen LogP contribution in [0.4, 0.5) is 0 Å². The van der Waals surface area contributed by atoms with Crippen LogP contribution >= 0.6 is 0 Å². The van der Waals surface area contributed by atoms with Crippen LogP contribution < -0.4 is 9.47 Å². The molecule has 0 aliphatic carbocycles. The number of likely N-dealkylation sites (tertiary alicyclic amines) is 1. The second-order valence-electron chi connectivity index (χ2n) is 8.38. The predicted octanol–water partition coefficient (Wildman–Crippen LogP) is 4.73. The molecule has 0 bridgehead atoms. The number of benzene rings is 3. The highest BCUT2D eigenvalue weighted by molar-refractivity contribution is 6.46. The first kappa shape index (κ1) is 25.0. The molecule has 4 rings (SSSR count). The number of rotatable bonds is 10. The zero-order valence-electron chi connectivity index (χ0n) is 20.3. The third-order valence-electron chi connectivity index (χ3n) is 6.09. The van der Waals surface area contributed by atoms with Gasteiger partial charge in [-0.3, -0.25) is 9.59 Å². The van der Waals surface area contributed by atoms with Gasteiger partial charge in [-0.1, -0.05) is 54.6 Å².